The molecule has 0 aliphatic heterocycles. The third-order valence-electron chi connectivity index (χ3n) is 3.38. The molecule has 0 radical (unpaired) electrons. The molecule has 2 aromatic heterocycles. The molecule has 0 amide bonds. The Balaban J connectivity index is 0.00000208. The van der Waals surface area contributed by atoms with Gasteiger partial charge in [-0.25, -0.2) is 22.4 Å². The lowest BCUT2D eigenvalue weighted by atomic mass is 10.2. The summed E-state index contributed by atoms with van der Waals surface area (Å²) < 4.78 is 27.2. The number of nitrogens with one attached hydrogen (secondary N) is 1. The van der Waals surface area contributed by atoms with Crippen molar-refractivity contribution in [3.8, 4) is 11.3 Å². The van der Waals surface area contributed by atoms with Gasteiger partial charge in [0.25, 0.3) is 10.0 Å². The van der Waals surface area contributed by atoms with Crippen molar-refractivity contribution in [2.24, 2.45) is 0 Å². The fourth-order valence-corrected chi connectivity index (χ4v) is 3.76. The first-order chi connectivity index (χ1) is 11.1. The standard InChI is InChI=1S/C16H16N4O2S.ClH/c1-17-8-13-7-16(14-9-18-12-19-10-14)20(11-13)23(21,22)15-5-3-2-4-6-15;/h2-7,9-12,17H,8H2,1H3;1H. The highest BCUT2D eigenvalue weighted by atomic mass is 35.5. The van der Waals surface area contributed by atoms with Crippen molar-refractivity contribution in [1.29, 1.82) is 0 Å². The molecule has 0 saturated heterocycles. The van der Waals surface area contributed by atoms with Crippen LogP contribution >= 0.6 is 12.4 Å². The fraction of sp³-hybridized carbons (Fsp3) is 0.125. The molecule has 0 aliphatic rings. The second kappa shape index (κ2) is 7.57. The van der Waals surface area contributed by atoms with E-state index < -0.39 is 10.0 Å². The molecule has 0 fully saturated rings. The van der Waals surface area contributed by atoms with Gasteiger partial charge < -0.3 is 5.32 Å². The molecule has 3 rings (SSSR count). The summed E-state index contributed by atoms with van der Waals surface area (Å²) in [5.41, 5.74) is 2.06. The molecule has 2 heterocycles. The molecule has 3 aromatic rings. The predicted molar refractivity (Wildman–Crippen MR) is 94.5 cm³/mol. The van der Waals surface area contributed by atoms with Crippen LogP contribution in [0.5, 0.6) is 0 Å². The highest BCUT2D eigenvalue weighted by Crippen LogP contribution is 2.26. The SMILES string of the molecule is CNCc1cc(-c2cncnc2)n(S(=O)(=O)c2ccccc2)c1.Cl. The summed E-state index contributed by atoms with van der Waals surface area (Å²) in [7, 11) is -1.87. The summed E-state index contributed by atoms with van der Waals surface area (Å²) in [6.07, 6.45) is 6.24. The number of nitrogens with zero attached hydrogens (tertiary/aromatic N) is 3. The molecule has 1 N–H and O–H groups in total. The second-order valence-electron chi connectivity index (χ2n) is 5.00. The van der Waals surface area contributed by atoms with Gasteiger partial charge >= 0.3 is 0 Å². The summed E-state index contributed by atoms with van der Waals surface area (Å²) in [6.45, 7) is 0.567. The summed E-state index contributed by atoms with van der Waals surface area (Å²) in [6, 6.07) is 10.2. The first kappa shape index (κ1) is 18.1. The van der Waals surface area contributed by atoms with Crippen molar-refractivity contribution in [2.45, 2.75) is 11.4 Å². The van der Waals surface area contributed by atoms with Crippen molar-refractivity contribution in [3.63, 3.8) is 0 Å². The number of rotatable bonds is 5. The molecule has 0 bridgehead atoms. The number of halogens is 1. The first-order valence-electron chi connectivity index (χ1n) is 7.05. The summed E-state index contributed by atoms with van der Waals surface area (Å²) in [5.74, 6) is 0. The lowest BCUT2D eigenvalue weighted by Crippen LogP contribution is -2.13. The van der Waals surface area contributed by atoms with Crippen LogP contribution in [0.4, 0.5) is 0 Å². The zero-order valence-corrected chi connectivity index (χ0v) is 14.6. The Morgan fingerprint density at radius 1 is 1.12 bits per heavy atom. The Morgan fingerprint density at radius 2 is 1.79 bits per heavy atom. The summed E-state index contributed by atoms with van der Waals surface area (Å²) in [5, 5.41) is 3.03. The quantitative estimate of drug-likeness (QED) is 0.751. The van der Waals surface area contributed by atoms with Crippen LogP contribution in [-0.4, -0.2) is 29.4 Å². The average Bonchev–Trinajstić information content (AvgIpc) is 3.02. The van der Waals surface area contributed by atoms with E-state index in [1.54, 1.807) is 48.9 Å². The number of hydrogen-bond donors (Lipinski definition) is 1. The lowest BCUT2D eigenvalue weighted by Gasteiger charge is -2.10. The third kappa shape index (κ3) is 3.48. The predicted octanol–water partition coefficient (Wildman–Crippen LogP) is 2.32. The van der Waals surface area contributed by atoms with E-state index in [1.807, 2.05) is 13.1 Å². The van der Waals surface area contributed by atoms with Gasteiger partial charge in [0.1, 0.15) is 6.33 Å². The van der Waals surface area contributed by atoms with E-state index in [0.29, 0.717) is 17.8 Å². The van der Waals surface area contributed by atoms with Crippen molar-refractivity contribution < 1.29 is 8.42 Å². The zero-order chi connectivity index (χ0) is 16.3. The van der Waals surface area contributed by atoms with Gasteiger partial charge in [-0.05, 0) is 30.8 Å². The van der Waals surface area contributed by atoms with Gasteiger partial charge in [0.2, 0.25) is 0 Å². The van der Waals surface area contributed by atoms with Crippen LogP contribution in [0, 0.1) is 0 Å². The van der Waals surface area contributed by atoms with E-state index in [1.165, 1.54) is 10.3 Å². The molecule has 0 unspecified atom stereocenters. The van der Waals surface area contributed by atoms with Crippen molar-refractivity contribution >= 4 is 22.4 Å². The Morgan fingerprint density at radius 3 is 2.42 bits per heavy atom. The molecule has 24 heavy (non-hydrogen) atoms. The van der Waals surface area contributed by atoms with Gasteiger partial charge in [-0.1, -0.05) is 18.2 Å². The Hall–Kier alpha value is -2.22. The number of hydrogen-bond acceptors (Lipinski definition) is 5. The molecule has 0 spiro atoms. The summed E-state index contributed by atoms with van der Waals surface area (Å²) >= 11 is 0. The van der Waals surface area contributed by atoms with Crippen molar-refractivity contribution in [2.75, 3.05) is 7.05 Å². The maximum atomic E-state index is 12.9. The van der Waals surface area contributed by atoms with Crippen LogP contribution in [0.25, 0.3) is 11.3 Å². The zero-order valence-electron chi connectivity index (χ0n) is 13.0. The molecular formula is C16H17ClN4O2S. The van der Waals surface area contributed by atoms with E-state index in [-0.39, 0.29) is 17.3 Å². The Labute approximate surface area is 147 Å². The van der Waals surface area contributed by atoms with Crippen LogP contribution in [0.2, 0.25) is 0 Å². The van der Waals surface area contributed by atoms with E-state index in [4.69, 9.17) is 0 Å². The van der Waals surface area contributed by atoms with E-state index >= 15 is 0 Å². The molecule has 1 aromatic carbocycles. The maximum Gasteiger partial charge on any atom is 0.268 e. The summed E-state index contributed by atoms with van der Waals surface area (Å²) in [4.78, 5) is 8.20. The molecule has 0 atom stereocenters. The van der Waals surface area contributed by atoms with Crippen LogP contribution in [0.3, 0.4) is 0 Å². The highest BCUT2D eigenvalue weighted by molar-refractivity contribution is 7.90. The minimum atomic E-state index is -3.68. The fourth-order valence-electron chi connectivity index (χ4n) is 2.34. The van der Waals surface area contributed by atoms with Crippen LogP contribution in [0.15, 0.2) is 66.2 Å². The van der Waals surface area contributed by atoms with Gasteiger partial charge in [-0.15, -0.1) is 12.4 Å². The smallest absolute Gasteiger partial charge is 0.268 e. The van der Waals surface area contributed by atoms with Gasteiger partial charge in [-0.3, -0.25) is 0 Å². The van der Waals surface area contributed by atoms with Crippen molar-refractivity contribution in [1.82, 2.24) is 19.3 Å². The molecule has 126 valence electrons. The van der Waals surface area contributed by atoms with Crippen LogP contribution < -0.4 is 5.32 Å². The monoisotopic (exact) mass is 364 g/mol. The van der Waals surface area contributed by atoms with Gasteiger partial charge in [0.05, 0.1) is 10.6 Å². The minimum absolute atomic E-state index is 0. The molecule has 0 saturated carbocycles. The molecular weight excluding hydrogens is 348 g/mol. The molecule has 8 heteroatoms. The number of aromatic nitrogens is 3. The van der Waals surface area contributed by atoms with Crippen LogP contribution in [-0.2, 0) is 16.6 Å². The Kier molecular flexibility index (Phi) is 5.71. The molecule has 6 nitrogen and oxygen atoms in total. The van der Waals surface area contributed by atoms with E-state index in [2.05, 4.69) is 15.3 Å². The maximum absolute atomic E-state index is 12.9. The largest absolute Gasteiger partial charge is 0.316 e. The third-order valence-corrected chi connectivity index (χ3v) is 5.07. The van der Waals surface area contributed by atoms with Crippen LogP contribution in [0.1, 0.15) is 5.56 Å². The highest BCUT2D eigenvalue weighted by Gasteiger charge is 2.21. The topological polar surface area (TPSA) is 76.9 Å². The van der Waals surface area contributed by atoms with E-state index in [9.17, 15) is 8.42 Å². The van der Waals surface area contributed by atoms with Gasteiger partial charge in [-0.2, -0.15) is 0 Å². The minimum Gasteiger partial charge on any atom is -0.316 e. The normalized spacial score (nSPS) is 11.0. The van der Waals surface area contributed by atoms with Gasteiger partial charge in [0, 0.05) is 30.7 Å². The Bertz CT molecular complexity index is 896. The second-order valence-corrected chi connectivity index (χ2v) is 6.82. The number of benzene rings is 1. The van der Waals surface area contributed by atoms with Gasteiger partial charge in [0.15, 0.2) is 0 Å². The molecule has 0 aliphatic carbocycles. The van der Waals surface area contributed by atoms with E-state index in [0.717, 1.165) is 5.56 Å². The van der Waals surface area contributed by atoms with Crippen molar-refractivity contribution in [3.05, 3.63) is 66.9 Å². The lowest BCUT2D eigenvalue weighted by molar-refractivity contribution is 0.588. The first-order valence-corrected chi connectivity index (χ1v) is 8.49. The average molecular weight is 365 g/mol.